The molecule has 0 saturated carbocycles. The summed E-state index contributed by atoms with van der Waals surface area (Å²) < 4.78 is 16.7. The van der Waals surface area contributed by atoms with Crippen molar-refractivity contribution in [2.24, 2.45) is 0 Å². The van der Waals surface area contributed by atoms with Crippen LogP contribution in [0.3, 0.4) is 0 Å². The van der Waals surface area contributed by atoms with Crippen molar-refractivity contribution >= 4 is 105 Å². The number of nitrogens with zero attached hydrogens (tertiary/aromatic N) is 1. The predicted molar refractivity (Wildman–Crippen MR) is 269 cm³/mol. The number of amides is 5. The first-order valence-corrected chi connectivity index (χ1v) is 23.6. The zero-order chi connectivity index (χ0) is 52.2. The van der Waals surface area contributed by atoms with Crippen molar-refractivity contribution in [2.45, 2.75) is 63.0 Å². The third-order valence-electron chi connectivity index (χ3n) is 10.8. The lowest BCUT2D eigenvalue weighted by Gasteiger charge is -2.33. The second kappa shape index (κ2) is 22.4. The van der Waals surface area contributed by atoms with E-state index in [1.165, 1.54) is 55.6 Å². The molecule has 18 nitrogen and oxygen atoms in total. The molecule has 5 atom stereocenters. The van der Waals surface area contributed by atoms with Gasteiger partial charge in [-0.05, 0) is 132 Å². The molecule has 2 heterocycles. The number of benzene rings is 5. The Labute approximate surface area is 439 Å². The van der Waals surface area contributed by atoms with Crippen LogP contribution in [0.1, 0.15) is 72.8 Å². The van der Waals surface area contributed by atoms with E-state index in [2.05, 4.69) is 21.3 Å². The number of hydrogen-bond acceptors (Lipinski definition) is 13. The molecule has 0 unspecified atom stereocenters. The summed E-state index contributed by atoms with van der Waals surface area (Å²) >= 11 is 27.1. The molecule has 7 rings (SSSR count). The van der Waals surface area contributed by atoms with Crippen LogP contribution in [-0.2, 0) is 39.9 Å². The molecule has 2 aliphatic heterocycles. The van der Waals surface area contributed by atoms with Crippen molar-refractivity contribution < 1.29 is 63.4 Å². The second-order valence-corrected chi connectivity index (χ2v) is 19.7. The van der Waals surface area contributed by atoms with E-state index in [-0.39, 0.29) is 75.3 Å². The van der Waals surface area contributed by atoms with Gasteiger partial charge in [0.2, 0.25) is 23.6 Å². The number of hydrogen-bond donors (Lipinski definition) is 8. The Morgan fingerprint density at radius 2 is 1.35 bits per heavy atom. The highest BCUT2D eigenvalue weighted by molar-refractivity contribution is 14.1. The largest absolute Gasteiger partial charge is 0.508 e. The molecule has 0 aliphatic carbocycles. The predicted octanol–water partition coefficient (Wildman–Crippen LogP) is 8.21. The highest BCUT2D eigenvalue weighted by atomic mass is 127. The summed E-state index contributed by atoms with van der Waals surface area (Å²) in [7, 11) is 2.37. The number of phenols is 4. The van der Waals surface area contributed by atoms with Crippen LogP contribution in [0.15, 0.2) is 84.9 Å². The number of methoxy groups -OCH3 is 1. The minimum absolute atomic E-state index is 0.0452. The molecule has 0 spiro atoms. The van der Waals surface area contributed by atoms with Gasteiger partial charge in [0.25, 0.3) is 0 Å². The first kappa shape index (κ1) is 54.0. The number of phenolic OH excluding ortho intramolecular Hbond substituents is 4. The molecule has 0 fully saturated rings. The normalized spacial score (nSPS) is 17.0. The van der Waals surface area contributed by atoms with Gasteiger partial charge >= 0.3 is 12.1 Å². The Balaban J connectivity index is 1.52. The van der Waals surface area contributed by atoms with E-state index in [1.807, 2.05) is 0 Å². The fraction of sp³-hybridized carbons (Fsp3) is 0.250. The molecule has 0 saturated heterocycles. The van der Waals surface area contributed by atoms with Crippen molar-refractivity contribution in [3.63, 3.8) is 0 Å². The first-order valence-electron chi connectivity index (χ1n) is 21.0. The zero-order valence-corrected chi connectivity index (χ0v) is 43.2. The van der Waals surface area contributed by atoms with E-state index in [9.17, 15) is 39.6 Å². The zero-order valence-electron chi connectivity index (χ0n) is 38.0. The molecule has 2 aliphatic rings. The maximum atomic E-state index is 15.2. The Morgan fingerprint density at radius 3 is 1.92 bits per heavy atom. The maximum Gasteiger partial charge on any atom is 0.408 e. The molecule has 71 heavy (non-hydrogen) atoms. The van der Waals surface area contributed by atoms with E-state index < -0.39 is 83.0 Å². The summed E-state index contributed by atoms with van der Waals surface area (Å²) in [5, 5.41) is 51.2. The summed E-state index contributed by atoms with van der Waals surface area (Å²) in [5.74, 6) is -6.55. The number of ether oxygens (including phenoxy) is 3. The molecule has 0 aromatic heterocycles. The first-order chi connectivity index (χ1) is 33.3. The number of carbonyl (C=O) groups is 6. The minimum atomic E-state index is -1.85. The lowest BCUT2D eigenvalue weighted by molar-refractivity contribution is -0.147. The fourth-order valence-corrected chi connectivity index (χ4v) is 8.85. The van der Waals surface area contributed by atoms with Gasteiger partial charge in [-0.3, -0.25) is 19.2 Å². The minimum Gasteiger partial charge on any atom is -0.508 e. The van der Waals surface area contributed by atoms with Gasteiger partial charge in [0, 0.05) is 13.5 Å². The van der Waals surface area contributed by atoms with Crippen LogP contribution in [0, 0.1) is 3.57 Å². The number of fused-ring (bicyclic) bond motifs is 9. The molecule has 5 amide bonds. The quantitative estimate of drug-likeness (QED) is 0.0512. The Bertz CT molecular complexity index is 2860. The standard InChI is InChI=1S/C48H44Cl4IN5O13/c1-48(2,3)71-47(68)57-36(23-15-28(49)39(60)29(50)16-23)44(65)54-35-25-19-32(53)41(62)34(20-25)70-27-12-6-21(7-13-27)14-33(42(63)56-38(46(67)69-5)22-8-10-26(59)11-9-22)58(4)45(66)37(55-43(35)64)24-17-30(51)40(61)31(52)18-24/h6-13,15-20,33,35-38,59-62H,14H2,1-5H3,(H,54,65)(H,55,64)(H,56,63)(H,57,68)/t33-,35+,36-,37-,38-/m1/s1. The van der Waals surface area contributed by atoms with Gasteiger partial charge in [-0.15, -0.1) is 0 Å². The van der Waals surface area contributed by atoms with Gasteiger partial charge in [0.05, 0.1) is 30.8 Å². The van der Waals surface area contributed by atoms with Crippen LogP contribution in [0.4, 0.5) is 4.79 Å². The van der Waals surface area contributed by atoms with E-state index >= 15 is 9.59 Å². The monoisotopic (exact) mass is 1170 g/mol. The molecule has 0 radical (unpaired) electrons. The number of nitrogens with one attached hydrogen (secondary N) is 4. The van der Waals surface area contributed by atoms with Crippen molar-refractivity contribution in [3.8, 4) is 34.5 Å². The van der Waals surface area contributed by atoms with E-state index in [0.29, 0.717) is 5.56 Å². The SMILES string of the molecule is COC(=O)[C@H](NC(=O)[C@H]1Cc2ccc(cc2)Oc2cc(cc(I)c2O)[C@H](NC(=O)[C@H](NC(=O)OC(C)(C)C)c2cc(Cl)c(O)c(Cl)c2)C(=O)N[C@H](c2cc(Cl)c(O)c(Cl)c2)C(=O)N1C)c1ccc(O)cc1. The number of likely N-dealkylation sites (N-methyl/N-ethyl adjacent to an activating group) is 1. The number of aromatic hydroxyl groups is 4. The maximum absolute atomic E-state index is 15.2. The summed E-state index contributed by atoms with van der Waals surface area (Å²) in [6.45, 7) is 4.73. The molecule has 5 aromatic carbocycles. The lowest BCUT2D eigenvalue weighted by atomic mass is 9.98. The molecule has 8 N–H and O–H groups in total. The summed E-state index contributed by atoms with van der Waals surface area (Å²) in [6.07, 6.45) is -1.31. The number of alkyl carbamates (subject to hydrolysis) is 1. The van der Waals surface area contributed by atoms with Crippen molar-refractivity contribution in [3.05, 3.63) is 136 Å². The number of esters is 1. The van der Waals surface area contributed by atoms with E-state index in [4.69, 9.17) is 60.6 Å². The van der Waals surface area contributed by atoms with Crippen LogP contribution < -0.4 is 26.0 Å². The third kappa shape index (κ3) is 12.9. The number of rotatable bonds is 9. The van der Waals surface area contributed by atoms with Crippen LogP contribution in [0.5, 0.6) is 34.5 Å². The average Bonchev–Trinajstić information content (AvgIpc) is 3.31. The van der Waals surface area contributed by atoms with Crippen LogP contribution in [-0.4, -0.2) is 86.8 Å². The highest BCUT2D eigenvalue weighted by Crippen LogP contribution is 2.40. The molecular formula is C48H44Cl4IN5O13. The molecule has 374 valence electrons. The van der Waals surface area contributed by atoms with Gasteiger partial charge in [-0.25, -0.2) is 9.59 Å². The van der Waals surface area contributed by atoms with Gasteiger partial charge in [0.15, 0.2) is 29.0 Å². The average molecular weight is 1170 g/mol. The molecule has 23 heteroatoms. The number of carbonyl (C=O) groups excluding carboxylic acids is 6. The summed E-state index contributed by atoms with van der Waals surface area (Å²) in [6, 6.07) is 10.4. The second-order valence-electron chi connectivity index (χ2n) is 16.9. The summed E-state index contributed by atoms with van der Waals surface area (Å²) in [4.78, 5) is 87.1. The fourth-order valence-electron chi connectivity index (χ4n) is 7.21. The smallest absolute Gasteiger partial charge is 0.408 e. The van der Waals surface area contributed by atoms with Crippen molar-refractivity contribution in [2.75, 3.05) is 14.2 Å². The van der Waals surface area contributed by atoms with Gasteiger partial charge < -0.3 is 60.8 Å². The lowest BCUT2D eigenvalue weighted by Crippen LogP contribution is -2.54. The third-order valence-corrected chi connectivity index (χ3v) is 12.8. The Morgan fingerprint density at radius 1 is 0.775 bits per heavy atom. The number of halogens is 5. The van der Waals surface area contributed by atoms with Gasteiger partial charge in [-0.1, -0.05) is 70.7 Å². The molecule has 4 bridgehead atoms. The van der Waals surface area contributed by atoms with Crippen LogP contribution >= 0.6 is 69.0 Å². The van der Waals surface area contributed by atoms with E-state index in [1.54, 1.807) is 55.5 Å². The van der Waals surface area contributed by atoms with Crippen LogP contribution in [0.2, 0.25) is 20.1 Å². The van der Waals surface area contributed by atoms with Crippen molar-refractivity contribution in [1.29, 1.82) is 0 Å². The molecule has 5 aromatic rings. The van der Waals surface area contributed by atoms with E-state index in [0.717, 1.165) is 36.3 Å². The highest BCUT2D eigenvalue weighted by Gasteiger charge is 2.39. The summed E-state index contributed by atoms with van der Waals surface area (Å²) in [5.41, 5.74) is -0.593. The Hall–Kier alpha value is -6.39. The van der Waals surface area contributed by atoms with Gasteiger partial charge in [-0.2, -0.15) is 0 Å². The topological polar surface area (TPSA) is 262 Å². The molecular weight excluding hydrogens is 1120 g/mol. The van der Waals surface area contributed by atoms with Crippen molar-refractivity contribution in [1.82, 2.24) is 26.2 Å². The Kier molecular flexibility index (Phi) is 17.0. The van der Waals surface area contributed by atoms with Gasteiger partial charge in [0.1, 0.15) is 41.3 Å². The van der Waals surface area contributed by atoms with Crippen LogP contribution in [0.25, 0.3) is 0 Å².